The molecule has 2 aliphatic rings. The summed E-state index contributed by atoms with van der Waals surface area (Å²) in [5, 5.41) is 2.53. The molecule has 1 atom stereocenters. The molecule has 5 nitrogen and oxygen atoms in total. The second kappa shape index (κ2) is 13.1. The summed E-state index contributed by atoms with van der Waals surface area (Å²) in [6.45, 7) is 5.87. The molecule has 1 N–H and O–H groups in total. The summed E-state index contributed by atoms with van der Waals surface area (Å²) in [6.07, 6.45) is 2.71. The number of rotatable bonds is 7. The van der Waals surface area contributed by atoms with E-state index in [1.54, 1.807) is 4.90 Å². The Labute approximate surface area is 227 Å². The molecule has 0 radical (unpaired) electrons. The number of amides is 2. The van der Waals surface area contributed by atoms with Gasteiger partial charge in [-0.2, -0.15) is 13.2 Å². The number of halogens is 4. The van der Waals surface area contributed by atoms with Crippen LogP contribution in [0.2, 0.25) is 0 Å². The van der Waals surface area contributed by atoms with Crippen molar-refractivity contribution in [2.75, 3.05) is 38.0 Å². The standard InChI is InChI=1S/C30H34F4N4O/c1-2-12-35-21-22-6-5-7-24(17-22)23-8-10-28(11-9-23)38(16-15-37-13-3-4-14-37)29(39)36-27-19-25(30(32,33)34)18-26(31)20-27/h5-8,17-20,28H,2-4,9-16H2,1H3/p+1. The fourth-order valence-corrected chi connectivity index (χ4v) is 5.14. The maximum absolute atomic E-state index is 13.9. The van der Waals surface area contributed by atoms with Gasteiger partial charge in [-0.05, 0) is 86.7 Å². The molecule has 1 unspecified atom stereocenters. The zero-order chi connectivity index (χ0) is 27.8. The molecule has 208 valence electrons. The molecule has 9 heteroatoms. The molecule has 0 aromatic heterocycles. The molecule has 4 rings (SSSR count). The number of urea groups is 1. The van der Waals surface area contributed by atoms with Crippen molar-refractivity contribution in [2.24, 2.45) is 0 Å². The van der Waals surface area contributed by atoms with Gasteiger partial charge in [0.2, 0.25) is 0 Å². The first-order valence-electron chi connectivity index (χ1n) is 13.6. The van der Waals surface area contributed by atoms with Crippen LogP contribution in [0.15, 0.2) is 48.5 Å². The van der Waals surface area contributed by atoms with Gasteiger partial charge in [0.1, 0.15) is 11.4 Å². The monoisotopic (exact) mass is 543 g/mol. The average Bonchev–Trinajstić information content (AvgIpc) is 3.42. The number of anilines is 1. The zero-order valence-electron chi connectivity index (χ0n) is 22.2. The number of likely N-dealkylation sites (tertiary alicyclic amines) is 1. The molecule has 39 heavy (non-hydrogen) atoms. The number of benzene rings is 2. The van der Waals surface area contributed by atoms with Crippen LogP contribution in [-0.4, -0.2) is 54.6 Å². The van der Waals surface area contributed by atoms with E-state index in [9.17, 15) is 22.4 Å². The lowest BCUT2D eigenvalue weighted by atomic mass is 9.89. The van der Waals surface area contributed by atoms with E-state index in [1.165, 1.54) is 5.57 Å². The molecule has 0 bridgehead atoms. The van der Waals surface area contributed by atoms with Gasteiger partial charge in [-0.1, -0.05) is 30.0 Å². The maximum atomic E-state index is 13.9. The van der Waals surface area contributed by atoms with E-state index in [4.69, 9.17) is 0 Å². The molecule has 2 aromatic carbocycles. The normalized spacial score (nSPS) is 17.8. The predicted octanol–water partition coefficient (Wildman–Crippen LogP) is 7.50. The van der Waals surface area contributed by atoms with E-state index in [0.717, 1.165) is 68.6 Å². The summed E-state index contributed by atoms with van der Waals surface area (Å²) in [5.41, 5.74) is 1.86. The summed E-state index contributed by atoms with van der Waals surface area (Å²) in [6, 6.07) is 12.6. The third kappa shape index (κ3) is 8.06. The van der Waals surface area contributed by atoms with Crippen molar-refractivity contribution in [3.8, 4) is 6.07 Å². The third-order valence-electron chi connectivity index (χ3n) is 7.19. The summed E-state index contributed by atoms with van der Waals surface area (Å²) >= 11 is 0. The minimum Gasteiger partial charge on any atom is -0.320 e. The van der Waals surface area contributed by atoms with Crippen LogP contribution in [-0.2, 0) is 6.18 Å². The lowest BCUT2D eigenvalue weighted by Crippen LogP contribution is -2.47. The summed E-state index contributed by atoms with van der Waals surface area (Å²) in [7, 11) is 0. The first-order valence-corrected chi connectivity index (χ1v) is 13.6. The quantitative estimate of drug-likeness (QED) is 0.368. The zero-order valence-corrected chi connectivity index (χ0v) is 22.2. The molecular weight excluding hydrogens is 508 g/mol. The fraction of sp³-hybridized carbons (Fsp3) is 0.467. The third-order valence-corrected chi connectivity index (χ3v) is 7.19. The molecule has 1 heterocycles. The summed E-state index contributed by atoms with van der Waals surface area (Å²) in [5.74, 6) is -1.05. The van der Waals surface area contributed by atoms with Crippen molar-refractivity contribution in [1.29, 1.82) is 0 Å². The number of alkyl halides is 3. The Hall–Kier alpha value is -3.38. The van der Waals surface area contributed by atoms with Crippen molar-refractivity contribution in [3.05, 3.63) is 75.9 Å². The molecule has 1 aliphatic heterocycles. The van der Waals surface area contributed by atoms with Crippen LogP contribution in [0.25, 0.3) is 10.4 Å². The molecule has 1 saturated heterocycles. The summed E-state index contributed by atoms with van der Waals surface area (Å²) in [4.78, 5) is 21.7. The Kier molecular flexibility index (Phi) is 9.63. The van der Waals surface area contributed by atoms with Gasteiger partial charge in [0.05, 0.1) is 5.56 Å². The van der Waals surface area contributed by atoms with Gasteiger partial charge in [-0.25, -0.2) is 9.18 Å². The Bertz CT molecular complexity index is 1240. The van der Waals surface area contributed by atoms with Crippen molar-refractivity contribution < 1.29 is 22.4 Å². The molecular formula is C30H35F4N4O+. The predicted molar refractivity (Wildman–Crippen MR) is 146 cm³/mol. The number of carbonyl (C=O) groups excluding carboxylic acids is 1. The lowest BCUT2D eigenvalue weighted by Gasteiger charge is -2.35. The number of carbonyl (C=O) groups is 1. The van der Waals surface area contributed by atoms with E-state index < -0.39 is 23.6 Å². The van der Waals surface area contributed by atoms with E-state index >= 15 is 0 Å². The highest BCUT2D eigenvalue weighted by atomic mass is 19.4. The van der Waals surface area contributed by atoms with Gasteiger partial charge in [0.25, 0.3) is 6.54 Å². The topological polar surface area (TPSA) is 39.9 Å². The Morgan fingerprint density at radius 1 is 1.18 bits per heavy atom. The number of allylic oxidation sites excluding steroid dienone is 1. The van der Waals surface area contributed by atoms with Gasteiger partial charge in [-0.15, -0.1) is 0 Å². The smallest absolute Gasteiger partial charge is 0.320 e. The van der Waals surface area contributed by atoms with Crippen LogP contribution in [0, 0.1) is 11.9 Å². The minimum absolute atomic E-state index is 0.118. The van der Waals surface area contributed by atoms with Crippen molar-refractivity contribution >= 4 is 17.3 Å². The number of nitrogens with zero attached hydrogens (tertiary/aromatic N) is 3. The molecule has 2 amide bonds. The van der Waals surface area contributed by atoms with Gasteiger partial charge < -0.3 is 15.1 Å². The highest BCUT2D eigenvalue weighted by Crippen LogP contribution is 2.33. The van der Waals surface area contributed by atoms with Crippen LogP contribution in [0.1, 0.15) is 62.1 Å². The van der Waals surface area contributed by atoms with Crippen molar-refractivity contribution in [1.82, 2.24) is 9.80 Å². The van der Waals surface area contributed by atoms with Crippen LogP contribution >= 0.6 is 0 Å². The van der Waals surface area contributed by atoms with E-state index in [0.29, 0.717) is 32.0 Å². The number of hydrogen-bond acceptors (Lipinski definition) is 2. The maximum Gasteiger partial charge on any atom is 0.416 e. The van der Waals surface area contributed by atoms with Gasteiger partial charge in [0, 0.05) is 31.2 Å². The Morgan fingerprint density at radius 3 is 2.67 bits per heavy atom. The Balaban J connectivity index is 1.49. The molecule has 2 aromatic rings. The first kappa shape index (κ1) is 28.6. The van der Waals surface area contributed by atoms with Crippen LogP contribution in [0.3, 0.4) is 0 Å². The van der Waals surface area contributed by atoms with Crippen molar-refractivity contribution in [3.63, 3.8) is 0 Å². The largest absolute Gasteiger partial charge is 0.416 e. The molecule has 0 saturated carbocycles. The highest BCUT2D eigenvalue weighted by molar-refractivity contribution is 5.89. The van der Waals surface area contributed by atoms with Crippen LogP contribution < -0.4 is 5.32 Å². The molecule has 1 aliphatic carbocycles. The SMILES string of the molecule is CCC[N+]#Cc1cccc(C2=CCC(N(CCN3CCCC3)C(=O)Nc3cc(F)cc(C(F)(F)F)c3)CC2)c1. The van der Waals surface area contributed by atoms with Crippen LogP contribution in [0.5, 0.6) is 0 Å². The minimum atomic E-state index is -4.71. The number of hydrogen-bond donors (Lipinski definition) is 1. The fourth-order valence-electron chi connectivity index (χ4n) is 5.14. The van der Waals surface area contributed by atoms with Gasteiger partial charge in [-0.3, -0.25) is 0 Å². The van der Waals surface area contributed by atoms with E-state index in [2.05, 4.69) is 46.3 Å². The van der Waals surface area contributed by atoms with Gasteiger partial charge in [0.15, 0.2) is 0 Å². The van der Waals surface area contributed by atoms with Gasteiger partial charge >= 0.3 is 18.3 Å². The molecule has 1 fully saturated rings. The number of nitrogens with one attached hydrogen (secondary N) is 1. The van der Waals surface area contributed by atoms with Crippen LogP contribution in [0.4, 0.5) is 28.0 Å². The first-order chi connectivity index (χ1) is 18.7. The van der Waals surface area contributed by atoms with E-state index in [-0.39, 0.29) is 11.7 Å². The summed E-state index contributed by atoms with van der Waals surface area (Å²) < 4.78 is 53.5. The Morgan fingerprint density at radius 2 is 1.97 bits per heavy atom. The second-order valence-corrected chi connectivity index (χ2v) is 10.1. The lowest BCUT2D eigenvalue weighted by molar-refractivity contribution is -0.137. The van der Waals surface area contributed by atoms with Crippen molar-refractivity contribution in [2.45, 2.75) is 57.7 Å². The second-order valence-electron chi connectivity index (χ2n) is 10.1. The highest BCUT2D eigenvalue weighted by Gasteiger charge is 2.32. The van der Waals surface area contributed by atoms with E-state index in [1.807, 2.05) is 12.1 Å². The average molecular weight is 544 g/mol. The molecule has 0 spiro atoms.